The van der Waals surface area contributed by atoms with Crippen LogP contribution in [0, 0.1) is 16.7 Å². The molecule has 0 aliphatic heterocycles. The van der Waals surface area contributed by atoms with Crippen LogP contribution in [0.1, 0.15) is 24.8 Å². The molecule has 1 aromatic carbocycles. The average molecular weight is 209 g/mol. The number of aromatic amines is 1. The van der Waals surface area contributed by atoms with Crippen LogP contribution in [0.4, 0.5) is 0 Å². The molecule has 2 aliphatic carbocycles. The van der Waals surface area contributed by atoms with Crippen LogP contribution in [0.25, 0.3) is 10.9 Å². The summed E-state index contributed by atoms with van der Waals surface area (Å²) in [4.78, 5) is 0. The van der Waals surface area contributed by atoms with E-state index in [2.05, 4.69) is 34.5 Å². The van der Waals surface area contributed by atoms with Crippen LogP contribution in [0.15, 0.2) is 24.4 Å². The maximum Gasteiger partial charge on any atom is 0.0885 e. The Labute approximate surface area is 93.1 Å². The molecular weight excluding hydrogens is 198 g/mol. The zero-order chi connectivity index (χ0) is 10.8. The lowest BCUT2D eigenvalue weighted by atomic mass is 9.93. The molecule has 4 rings (SSSR count). The molecule has 0 amide bonds. The third-order valence-corrected chi connectivity index (χ3v) is 4.36. The van der Waals surface area contributed by atoms with Crippen LogP contribution >= 0.6 is 0 Å². The minimum Gasteiger partial charge on any atom is -0.278 e. The lowest BCUT2D eigenvalue weighted by Gasteiger charge is -2.07. The Balaban J connectivity index is 1.91. The number of hydrogen-bond acceptors (Lipinski definition) is 2. The van der Waals surface area contributed by atoms with E-state index in [0.29, 0.717) is 5.41 Å². The largest absolute Gasteiger partial charge is 0.278 e. The summed E-state index contributed by atoms with van der Waals surface area (Å²) < 4.78 is 0. The van der Waals surface area contributed by atoms with E-state index >= 15 is 0 Å². The Hall–Kier alpha value is -1.82. The highest BCUT2D eigenvalue weighted by molar-refractivity contribution is 5.79. The van der Waals surface area contributed by atoms with E-state index in [0.717, 1.165) is 17.3 Å². The highest BCUT2D eigenvalue weighted by Crippen LogP contribution is 2.78. The molecule has 0 radical (unpaired) electrons. The lowest BCUT2D eigenvalue weighted by Crippen LogP contribution is -2.07. The van der Waals surface area contributed by atoms with Crippen molar-refractivity contribution in [3.63, 3.8) is 0 Å². The summed E-state index contributed by atoms with van der Waals surface area (Å²) in [6.07, 6.45) is 5.32. The molecule has 1 heterocycles. The molecule has 16 heavy (non-hydrogen) atoms. The van der Waals surface area contributed by atoms with Crippen molar-refractivity contribution in [3.8, 4) is 6.07 Å². The van der Waals surface area contributed by atoms with Gasteiger partial charge in [0.1, 0.15) is 0 Å². The van der Waals surface area contributed by atoms with Gasteiger partial charge in [-0.15, -0.1) is 0 Å². The van der Waals surface area contributed by atoms with Gasteiger partial charge in [-0.1, -0.05) is 12.1 Å². The summed E-state index contributed by atoms with van der Waals surface area (Å²) in [6.45, 7) is 0. The molecule has 2 saturated carbocycles. The molecule has 78 valence electrons. The van der Waals surface area contributed by atoms with E-state index in [1.807, 2.05) is 6.20 Å². The molecule has 1 spiro atoms. The van der Waals surface area contributed by atoms with E-state index in [9.17, 15) is 5.26 Å². The number of rotatable bonds is 1. The van der Waals surface area contributed by atoms with Gasteiger partial charge in [-0.2, -0.15) is 10.4 Å². The first-order valence-corrected chi connectivity index (χ1v) is 5.65. The first-order chi connectivity index (χ1) is 7.80. The van der Waals surface area contributed by atoms with E-state index in [-0.39, 0.29) is 5.41 Å². The monoisotopic (exact) mass is 209 g/mol. The topological polar surface area (TPSA) is 52.5 Å². The Morgan fingerprint density at radius 1 is 1.38 bits per heavy atom. The Bertz CT molecular complexity index is 630. The van der Waals surface area contributed by atoms with Crippen molar-refractivity contribution in [2.45, 2.75) is 24.7 Å². The Morgan fingerprint density at radius 2 is 2.25 bits per heavy atom. The first-order valence-electron chi connectivity index (χ1n) is 5.65. The summed E-state index contributed by atoms with van der Waals surface area (Å²) in [6, 6.07) is 8.79. The smallest absolute Gasteiger partial charge is 0.0885 e. The SMILES string of the molecule is N#C[C@@]1(c2ccc3cn[nH]c3c2)CC12CC2. The molecule has 1 N–H and O–H groups in total. The second-order valence-electron chi connectivity index (χ2n) is 5.15. The molecule has 2 fully saturated rings. The minimum atomic E-state index is -0.188. The number of H-pyrrole nitrogens is 1. The maximum absolute atomic E-state index is 9.43. The fourth-order valence-corrected chi connectivity index (χ4v) is 3.05. The predicted molar refractivity (Wildman–Crippen MR) is 59.7 cm³/mol. The molecular formula is C13H11N3. The lowest BCUT2D eigenvalue weighted by molar-refractivity contribution is 0.738. The summed E-state index contributed by atoms with van der Waals surface area (Å²) in [5.41, 5.74) is 2.36. The van der Waals surface area contributed by atoms with Gasteiger partial charge in [-0.05, 0) is 36.3 Å². The quantitative estimate of drug-likeness (QED) is 0.784. The van der Waals surface area contributed by atoms with Crippen LogP contribution in [-0.2, 0) is 5.41 Å². The number of benzene rings is 1. The third kappa shape index (κ3) is 0.780. The molecule has 0 saturated heterocycles. The van der Waals surface area contributed by atoms with E-state index in [4.69, 9.17) is 0 Å². The van der Waals surface area contributed by atoms with Gasteiger partial charge >= 0.3 is 0 Å². The van der Waals surface area contributed by atoms with Crippen LogP contribution in [0.2, 0.25) is 0 Å². The second kappa shape index (κ2) is 2.30. The molecule has 1 aromatic heterocycles. The van der Waals surface area contributed by atoms with Crippen molar-refractivity contribution in [1.29, 1.82) is 5.26 Å². The number of nitrogens with one attached hydrogen (secondary N) is 1. The Morgan fingerprint density at radius 3 is 2.94 bits per heavy atom. The van der Waals surface area contributed by atoms with Gasteiger partial charge in [-0.3, -0.25) is 5.10 Å². The number of aromatic nitrogens is 2. The second-order valence-corrected chi connectivity index (χ2v) is 5.15. The first kappa shape index (κ1) is 8.35. The van der Waals surface area contributed by atoms with E-state index < -0.39 is 0 Å². The fraction of sp³-hybridized carbons (Fsp3) is 0.385. The van der Waals surface area contributed by atoms with Crippen LogP contribution < -0.4 is 0 Å². The van der Waals surface area contributed by atoms with Crippen LogP contribution in [-0.4, -0.2) is 10.2 Å². The van der Waals surface area contributed by atoms with Crippen molar-refractivity contribution < 1.29 is 0 Å². The van der Waals surface area contributed by atoms with E-state index in [1.165, 1.54) is 18.4 Å². The molecule has 1 atom stereocenters. The van der Waals surface area contributed by atoms with Gasteiger partial charge in [-0.25, -0.2) is 0 Å². The predicted octanol–water partition coefficient (Wildman–Crippen LogP) is 2.51. The molecule has 3 heteroatoms. The van der Waals surface area contributed by atoms with Crippen molar-refractivity contribution in [2.75, 3.05) is 0 Å². The third-order valence-electron chi connectivity index (χ3n) is 4.36. The van der Waals surface area contributed by atoms with Crippen LogP contribution in [0.3, 0.4) is 0 Å². The standard InChI is InChI=1S/C13H11N3/c14-8-13(7-12(13)3-4-12)10-2-1-9-6-15-16-11(9)5-10/h1-2,5-6H,3-4,7H2,(H,15,16)/t13-/m1/s1. The summed E-state index contributed by atoms with van der Waals surface area (Å²) >= 11 is 0. The molecule has 0 bridgehead atoms. The van der Waals surface area contributed by atoms with Gasteiger partial charge < -0.3 is 0 Å². The summed E-state index contributed by atoms with van der Waals surface area (Å²) in [5, 5.41) is 17.5. The van der Waals surface area contributed by atoms with Gasteiger partial charge in [0, 0.05) is 5.39 Å². The highest BCUT2D eigenvalue weighted by atomic mass is 15.1. The zero-order valence-electron chi connectivity index (χ0n) is 8.83. The number of nitrogens with zero attached hydrogens (tertiary/aromatic N) is 2. The van der Waals surface area contributed by atoms with Crippen molar-refractivity contribution in [2.24, 2.45) is 5.41 Å². The molecule has 0 unspecified atom stereocenters. The Kier molecular flexibility index (Phi) is 1.20. The summed E-state index contributed by atoms with van der Waals surface area (Å²) in [5.74, 6) is 0. The highest BCUT2D eigenvalue weighted by Gasteiger charge is 2.75. The number of fused-ring (bicyclic) bond motifs is 1. The van der Waals surface area contributed by atoms with Gasteiger partial charge in [0.05, 0.1) is 23.2 Å². The van der Waals surface area contributed by atoms with Crippen LogP contribution in [0.5, 0.6) is 0 Å². The molecule has 2 aliphatic rings. The van der Waals surface area contributed by atoms with Crippen molar-refractivity contribution in [1.82, 2.24) is 10.2 Å². The normalized spacial score (nSPS) is 29.2. The molecule has 2 aromatic rings. The number of hydrogen-bond donors (Lipinski definition) is 1. The van der Waals surface area contributed by atoms with Gasteiger partial charge in [0.15, 0.2) is 0 Å². The maximum atomic E-state index is 9.43. The minimum absolute atomic E-state index is 0.188. The van der Waals surface area contributed by atoms with Gasteiger partial charge in [0.2, 0.25) is 0 Å². The van der Waals surface area contributed by atoms with Crippen molar-refractivity contribution in [3.05, 3.63) is 30.0 Å². The van der Waals surface area contributed by atoms with Gasteiger partial charge in [0.25, 0.3) is 0 Å². The fourth-order valence-electron chi connectivity index (χ4n) is 3.05. The number of nitriles is 1. The summed E-state index contributed by atoms with van der Waals surface area (Å²) in [7, 11) is 0. The van der Waals surface area contributed by atoms with E-state index in [1.54, 1.807) is 0 Å². The van der Waals surface area contributed by atoms with Crippen molar-refractivity contribution >= 4 is 10.9 Å². The zero-order valence-corrected chi connectivity index (χ0v) is 8.83. The average Bonchev–Trinajstić information content (AvgIpc) is 3.17. The molecule has 3 nitrogen and oxygen atoms in total.